The summed E-state index contributed by atoms with van der Waals surface area (Å²) in [6.07, 6.45) is 0.962. The highest BCUT2D eigenvalue weighted by atomic mass is 32.1. The summed E-state index contributed by atoms with van der Waals surface area (Å²) in [5.41, 5.74) is 1.64. The number of carbonyl (C=O) groups excluding carboxylic acids is 1. The monoisotopic (exact) mass is 490 g/mol. The number of esters is 1. The molecule has 5 nitrogen and oxygen atoms in total. The highest BCUT2D eigenvalue weighted by Crippen LogP contribution is 2.47. The Labute approximate surface area is 210 Å². The van der Waals surface area contributed by atoms with Gasteiger partial charge in [-0.2, -0.15) is 0 Å². The van der Waals surface area contributed by atoms with E-state index in [9.17, 15) is 4.79 Å². The topological polar surface area (TPSA) is 54.0 Å². The number of benzene rings is 3. The molecule has 4 aromatic rings. The molecule has 0 unspecified atom stereocenters. The van der Waals surface area contributed by atoms with Crippen molar-refractivity contribution in [3.63, 3.8) is 0 Å². The van der Waals surface area contributed by atoms with E-state index in [4.69, 9.17) is 18.9 Å². The SMILES string of the molecule is COc1ccc(-c2sc3cc(OC)ccc3c2Oc2ccc(CCC(=O)OC(C)(C)C)cc2)cc1. The summed E-state index contributed by atoms with van der Waals surface area (Å²) in [5.74, 6) is 2.96. The standard InChI is InChI=1S/C29H30O5S/c1-29(2,3)34-26(30)17-8-19-6-11-22(12-7-19)33-27-24-16-15-23(32-5)18-25(24)35-28(27)20-9-13-21(31-4)14-10-20/h6-7,9-16,18H,8,17H2,1-5H3. The summed E-state index contributed by atoms with van der Waals surface area (Å²) in [5, 5.41) is 1.02. The first-order valence-electron chi connectivity index (χ1n) is 11.5. The van der Waals surface area contributed by atoms with E-state index in [0.717, 1.165) is 49.1 Å². The zero-order valence-corrected chi connectivity index (χ0v) is 21.5. The molecule has 35 heavy (non-hydrogen) atoms. The lowest BCUT2D eigenvalue weighted by Crippen LogP contribution is -2.23. The summed E-state index contributed by atoms with van der Waals surface area (Å²) in [6.45, 7) is 5.63. The van der Waals surface area contributed by atoms with Crippen LogP contribution in [-0.4, -0.2) is 25.8 Å². The van der Waals surface area contributed by atoms with Crippen molar-refractivity contribution in [3.8, 4) is 33.4 Å². The number of carbonyl (C=O) groups is 1. The van der Waals surface area contributed by atoms with Gasteiger partial charge in [0.05, 0.1) is 19.1 Å². The second-order valence-corrected chi connectivity index (χ2v) is 10.2. The van der Waals surface area contributed by atoms with Gasteiger partial charge in [-0.3, -0.25) is 4.79 Å². The van der Waals surface area contributed by atoms with Gasteiger partial charge in [0.1, 0.15) is 22.8 Å². The Hall–Kier alpha value is -3.51. The van der Waals surface area contributed by atoms with E-state index in [1.54, 1.807) is 25.6 Å². The number of fused-ring (bicyclic) bond motifs is 1. The van der Waals surface area contributed by atoms with E-state index >= 15 is 0 Å². The summed E-state index contributed by atoms with van der Waals surface area (Å²) in [4.78, 5) is 13.1. The van der Waals surface area contributed by atoms with Crippen LogP contribution in [0.4, 0.5) is 0 Å². The molecule has 1 aromatic heterocycles. The Bertz CT molecular complexity index is 1300. The molecular formula is C29H30O5S. The van der Waals surface area contributed by atoms with Crippen LogP contribution in [0.2, 0.25) is 0 Å². The molecule has 1 heterocycles. The maximum atomic E-state index is 12.0. The molecule has 6 heteroatoms. The first kappa shape index (κ1) is 24.6. The van der Waals surface area contributed by atoms with E-state index in [2.05, 4.69) is 0 Å². The fraction of sp³-hybridized carbons (Fsp3) is 0.276. The average Bonchev–Trinajstić information content (AvgIpc) is 3.20. The highest BCUT2D eigenvalue weighted by molar-refractivity contribution is 7.22. The van der Waals surface area contributed by atoms with Gasteiger partial charge in [-0.25, -0.2) is 0 Å². The van der Waals surface area contributed by atoms with E-state index in [1.165, 1.54) is 0 Å². The summed E-state index contributed by atoms with van der Waals surface area (Å²) in [6, 6.07) is 21.8. The summed E-state index contributed by atoms with van der Waals surface area (Å²) in [7, 11) is 3.33. The zero-order chi connectivity index (χ0) is 25.0. The number of methoxy groups -OCH3 is 2. The molecular weight excluding hydrogens is 460 g/mol. The Kier molecular flexibility index (Phi) is 7.31. The molecule has 0 aliphatic heterocycles. The van der Waals surface area contributed by atoms with Gasteiger partial charge in [0.2, 0.25) is 0 Å². The molecule has 0 bridgehead atoms. The van der Waals surface area contributed by atoms with Crippen molar-refractivity contribution >= 4 is 27.4 Å². The number of aryl methyl sites for hydroxylation is 1. The fourth-order valence-corrected chi connectivity index (χ4v) is 4.86. The molecule has 0 aliphatic carbocycles. The van der Waals surface area contributed by atoms with Crippen LogP contribution >= 0.6 is 11.3 Å². The van der Waals surface area contributed by atoms with Crippen LogP contribution in [0.1, 0.15) is 32.8 Å². The Morgan fingerprint density at radius 3 is 2.09 bits per heavy atom. The van der Waals surface area contributed by atoms with E-state index in [0.29, 0.717) is 12.8 Å². The predicted molar refractivity (Wildman–Crippen MR) is 141 cm³/mol. The van der Waals surface area contributed by atoms with Gasteiger partial charge >= 0.3 is 5.97 Å². The summed E-state index contributed by atoms with van der Waals surface area (Å²) >= 11 is 1.66. The Morgan fingerprint density at radius 1 is 0.829 bits per heavy atom. The second kappa shape index (κ2) is 10.4. The van der Waals surface area contributed by atoms with Crippen molar-refractivity contribution in [1.82, 2.24) is 0 Å². The van der Waals surface area contributed by atoms with E-state index in [1.807, 2.05) is 87.5 Å². The third kappa shape index (κ3) is 6.14. The molecule has 0 saturated carbocycles. The van der Waals surface area contributed by atoms with Gasteiger partial charge in [0.25, 0.3) is 0 Å². The molecule has 0 aliphatic rings. The molecule has 182 valence electrons. The van der Waals surface area contributed by atoms with Crippen molar-refractivity contribution in [3.05, 3.63) is 72.3 Å². The van der Waals surface area contributed by atoms with Crippen LogP contribution < -0.4 is 14.2 Å². The van der Waals surface area contributed by atoms with E-state index < -0.39 is 5.60 Å². The molecule has 0 atom stereocenters. The Morgan fingerprint density at radius 2 is 1.46 bits per heavy atom. The third-order valence-electron chi connectivity index (χ3n) is 5.38. The smallest absolute Gasteiger partial charge is 0.306 e. The minimum Gasteiger partial charge on any atom is -0.497 e. The normalized spacial score (nSPS) is 11.3. The van der Waals surface area contributed by atoms with Crippen molar-refractivity contribution in [2.24, 2.45) is 0 Å². The van der Waals surface area contributed by atoms with Crippen molar-refractivity contribution < 1.29 is 23.7 Å². The van der Waals surface area contributed by atoms with Gasteiger partial charge < -0.3 is 18.9 Å². The van der Waals surface area contributed by atoms with Gasteiger partial charge in [0, 0.05) is 16.5 Å². The lowest BCUT2D eigenvalue weighted by atomic mass is 10.1. The van der Waals surface area contributed by atoms with Gasteiger partial charge in [-0.15, -0.1) is 11.3 Å². The van der Waals surface area contributed by atoms with Crippen molar-refractivity contribution in [1.29, 1.82) is 0 Å². The van der Waals surface area contributed by atoms with Gasteiger partial charge in [-0.1, -0.05) is 12.1 Å². The van der Waals surface area contributed by atoms with Crippen LogP contribution in [0.5, 0.6) is 23.0 Å². The first-order valence-corrected chi connectivity index (χ1v) is 12.3. The third-order valence-corrected chi connectivity index (χ3v) is 6.57. The molecule has 0 spiro atoms. The molecule has 0 radical (unpaired) electrons. The summed E-state index contributed by atoms with van der Waals surface area (Å²) < 4.78 is 23.7. The lowest BCUT2D eigenvalue weighted by Gasteiger charge is -2.19. The molecule has 0 N–H and O–H groups in total. The Balaban J connectivity index is 1.58. The quantitative estimate of drug-likeness (QED) is 0.237. The number of rotatable bonds is 8. The number of hydrogen-bond acceptors (Lipinski definition) is 6. The first-order chi connectivity index (χ1) is 16.8. The number of hydrogen-bond donors (Lipinski definition) is 0. The van der Waals surface area contributed by atoms with Crippen LogP contribution in [0.3, 0.4) is 0 Å². The number of thiophene rings is 1. The molecule has 4 rings (SSSR count). The lowest BCUT2D eigenvalue weighted by molar-refractivity contribution is -0.154. The predicted octanol–water partition coefficient (Wildman–Crippen LogP) is 7.65. The molecule has 0 fully saturated rings. The van der Waals surface area contributed by atoms with Crippen LogP contribution in [0, 0.1) is 0 Å². The highest BCUT2D eigenvalue weighted by Gasteiger charge is 2.18. The van der Waals surface area contributed by atoms with Crippen LogP contribution in [0.15, 0.2) is 66.7 Å². The molecule has 3 aromatic carbocycles. The largest absolute Gasteiger partial charge is 0.497 e. The van der Waals surface area contributed by atoms with Crippen molar-refractivity contribution in [2.75, 3.05) is 14.2 Å². The van der Waals surface area contributed by atoms with Crippen molar-refractivity contribution in [2.45, 2.75) is 39.2 Å². The zero-order valence-electron chi connectivity index (χ0n) is 20.7. The second-order valence-electron chi connectivity index (χ2n) is 9.18. The molecule has 0 saturated heterocycles. The maximum absolute atomic E-state index is 12.0. The minimum absolute atomic E-state index is 0.192. The fourth-order valence-electron chi connectivity index (χ4n) is 3.69. The van der Waals surface area contributed by atoms with Crippen LogP contribution in [0.25, 0.3) is 20.5 Å². The minimum atomic E-state index is -0.469. The average molecular weight is 491 g/mol. The van der Waals surface area contributed by atoms with Crippen LogP contribution in [-0.2, 0) is 16.0 Å². The maximum Gasteiger partial charge on any atom is 0.306 e. The molecule has 0 amide bonds. The van der Waals surface area contributed by atoms with Gasteiger partial charge in [-0.05, 0) is 92.9 Å². The van der Waals surface area contributed by atoms with Gasteiger partial charge in [0.15, 0.2) is 5.75 Å². The number of ether oxygens (including phenoxy) is 4. The van der Waals surface area contributed by atoms with E-state index in [-0.39, 0.29) is 5.97 Å².